The average molecular weight is 273 g/mol. The van der Waals surface area contributed by atoms with E-state index in [1.54, 1.807) is 12.1 Å². The summed E-state index contributed by atoms with van der Waals surface area (Å²) in [4.78, 5) is 19.2. The molecule has 0 radical (unpaired) electrons. The Labute approximate surface area is 117 Å². The Bertz CT molecular complexity index is 627. The quantitative estimate of drug-likeness (QED) is 0.892. The van der Waals surface area contributed by atoms with Gasteiger partial charge in [0.2, 0.25) is 0 Å². The molecule has 1 aliphatic heterocycles. The zero-order valence-electron chi connectivity index (χ0n) is 11.6. The van der Waals surface area contributed by atoms with E-state index in [9.17, 15) is 9.90 Å². The minimum atomic E-state index is -0.886. The first-order valence-electron chi connectivity index (χ1n) is 6.88. The summed E-state index contributed by atoms with van der Waals surface area (Å²) >= 11 is 0. The molecule has 5 nitrogen and oxygen atoms in total. The zero-order chi connectivity index (χ0) is 14.1. The first-order valence-corrected chi connectivity index (χ1v) is 6.88. The van der Waals surface area contributed by atoms with E-state index < -0.39 is 5.97 Å². The van der Waals surface area contributed by atoms with E-state index in [4.69, 9.17) is 0 Å². The van der Waals surface area contributed by atoms with Gasteiger partial charge in [-0.1, -0.05) is 12.1 Å². The van der Waals surface area contributed by atoms with E-state index in [0.717, 1.165) is 49.3 Å². The molecule has 1 aromatic carbocycles. The van der Waals surface area contributed by atoms with Crippen LogP contribution in [0.3, 0.4) is 0 Å². The van der Waals surface area contributed by atoms with Gasteiger partial charge in [0.1, 0.15) is 0 Å². The van der Waals surface area contributed by atoms with Gasteiger partial charge in [-0.05, 0) is 19.2 Å². The van der Waals surface area contributed by atoms with Crippen LogP contribution in [0.4, 0.5) is 0 Å². The van der Waals surface area contributed by atoms with Gasteiger partial charge >= 0.3 is 5.97 Å². The predicted octanol–water partition coefficient (Wildman–Crippen LogP) is 1.61. The van der Waals surface area contributed by atoms with E-state index in [-0.39, 0.29) is 0 Å². The van der Waals surface area contributed by atoms with Crippen molar-refractivity contribution in [1.82, 2.24) is 14.8 Å². The number of nitrogens with one attached hydrogen (secondary N) is 1. The van der Waals surface area contributed by atoms with E-state index >= 15 is 0 Å². The number of carbonyl (C=O) groups is 1. The summed E-state index contributed by atoms with van der Waals surface area (Å²) in [6.07, 6.45) is 0. The summed E-state index contributed by atoms with van der Waals surface area (Å²) in [7, 11) is 2.14. The lowest BCUT2D eigenvalue weighted by molar-refractivity contribution is 0.0699. The minimum absolute atomic E-state index is 0.340. The number of likely N-dealkylation sites (N-methyl/N-ethyl adjacent to an activating group) is 1. The highest BCUT2D eigenvalue weighted by Crippen LogP contribution is 2.20. The van der Waals surface area contributed by atoms with Crippen LogP contribution in [-0.2, 0) is 6.54 Å². The van der Waals surface area contributed by atoms with Gasteiger partial charge in [0, 0.05) is 43.8 Å². The van der Waals surface area contributed by atoms with Crippen molar-refractivity contribution in [2.75, 3.05) is 33.2 Å². The van der Waals surface area contributed by atoms with Crippen LogP contribution in [-0.4, -0.2) is 59.1 Å². The second-order valence-corrected chi connectivity index (χ2v) is 5.45. The van der Waals surface area contributed by atoms with Gasteiger partial charge in [-0.15, -0.1) is 0 Å². The number of benzene rings is 1. The fraction of sp³-hybridized carbons (Fsp3) is 0.400. The Balaban J connectivity index is 1.82. The molecule has 5 heteroatoms. The van der Waals surface area contributed by atoms with Crippen molar-refractivity contribution in [3.8, 4) is 0 Å². The maximum Gasteiger partial charge on any atom is 0.337 e. The number of piperazine rings is 1. The van der Waals surface area contributed by atoms with E-state index in [0.29, 0.717) is 5.56 Å². The van der Waals surface area contributed by atoms with E-state index in [1.165, 1.54) is 0 Å². The third-order valence-corrected chi connectivity index (χ3v) is 3.93. The number of hydrogen-bond acceptors (Lipinski definition) is 3. The number of nitrogens with zero attached hydrogens (tertiary/aromatic N) is 2. The lowest BCUT2D eigenvalue weighted by atomic mass is 10.1. The monoisotopic (exact) mass is 273 g/mol. The molecule has 1 fully saturated rings. The number of hydrogen-bond donors (Lipinski definition) is 2. The highest BCUT2D eigenvalue weighted by molar-refractivity contribution is 6.02. The Morgan fingerprint density at radius 1 is 1.30 bits per heavy atom. The van der Waals surface area contributed by atoms with Gasteiger partial charge in [0.05, 0.1) is 11.1 Å². The third kappa shape index (κ3) is 2.55. The third-order valence-electron chi connectivity index (χ3n) is 3.93. The van der Waals surface area contributed by atoms with Crippen LogP contribution in [0, 0.1) is 0 Å². The molecule has 0 amide bonds. The van der Waals surface area contributed by atoms with Crippen molar-refractivity contribution in [3.63, 3.8) is 0 Å². The summed E-state index contributed by atoms with van der Waals surface area (Å²) in [5.41, 5.74) is 2.15. The second kappa shape index (κ2) is 5.26. The Kier molecular flexibility index (Phi) is 3.46. The molecule has 106 valence electrons. The zero-order valence-corrected chi connectivity index (χ0v) is 11.6. The number of fused-ring (bicyclic) bond motifs is 1. The molecule has 2 aromatic rings. The smallest absolute Gasteiger partial charge is 0.337 e. The highest BCUT2D eigenvalue weighted by Gasteiger charge is 2.16. The van der Waals surface area contributed by atoms with Gasteiger partial charge in [-0.3, -0.25) is 4.90 Å². The van der Waals surface area contributed by atoms with Crippen LogP contribution in [0.15, 0.2) is 24.3 Å². The fourth-order valence-corrected chi connectivity index (χ4v) is 2.72. The van der Waals surface area contributed by atoms with Gasteiger partial charge in [0.25, 0.3) is 0 Å². The van der Waals surface area contributed by atoms with Crippen molar-refractivity contribution in [3.05, 3.63) is 35.5 Å². The molecule has 1 aliphatic rings. The first-order chi connectivity index (χ1) is 9.63. The molecule has 0 unspecified atom stereocenters. The number of rotatable bonds is 3. The van der Waals surface area contributed by atoms with Crippen molar-refractivity contribution in [2.24, 2.45) is 0 Å². The van der Waals surface area contributed by atoms with Crippen LogP contribution in [0.1, 0.15) is 16.1 Å². The molecule has 20 heavy (non-hydrogen) atoms. The van der Waals surface area contributed by atoms with Gasteiger partial charge in [-0.2, -0.15) is 0 Å². The number of carboxylic acids is 1. The topological polar surface area (TPSA) is 59.6 Å². The van der Waals surface area contributed by atoms with E-state index in [1.807, 2.05) is 6.07 Å². The van der Waals surface area contributed by atoms with Crippen LogP contribution in [0.5, 0.6) is 0 Å². The molecule has 2 heterocycles. The van der Waals surface area contributed by atoms with Crippen LogP contribution >= 0.6 is 0 Å². The maximum absolute atomic E-state index is 11.2. The lowest BCUT2D eigenvalue weighted by Gasteiger charge is -2.31. The molecule has 3 rings (SSSR count). The molecule has 1 aromatic heterocycles. The van der Waals surface area contributed by atoms with E-state index in [2.05, 4.69) is 27.9 Å². The first kappa shape index (κ1) is 13.1. The fourth-order valence-electron chi connectivity index (χ4n) is 2.72. The SMILES string of the molecule is CN1CCN(Cc2cc3cccc(C(=O)O)c3[nH]2)CC1. The van der Waals surface area contributed by atoms with Crippen LogP contribution < -0.4 is 0 Å². The molecular weight excluding hydrogens is 254 g/mol. The summed E-state index contributed by atoms with van der Waals surface area (Å²) in [5, 5.41) is 10.2. The van der Waals surface area contributed by atoms with Crippen molar-refractivity contribution >= 4 is 16.9 Å². The highest BCUT2D eigenvalue weighted by atomic mass is 16.4. The summed E-state index contributed by atoms with van der Waals surface area (Å²) in [6.45, 7) is 5.12. The van der Waals surface area contributed by atoms with Crippen molar-refractivity contribution in [1.29, 1.82) is 0 Å². The molecule has 2 N–H and O–H groups in total. The number of H-pyrrole nitrogens is 1. The average Bonchev–Trinajstić information content (AvgIpc) is 2.83. The molecule has 0 saturated carbocycles. The molecule has 0 spiro atoms. The molecule has 0 atom stereocenters. The molecule has 1 saturated heterocycles. The Morgan fingerprint density at radius 2 is 2.05 bits per heavy atom. The lowest BCUT2D eigenvalue weighted by Crippen LogP contribution is -2.43. The molecule has 0 aliphatic carbocycles. The maximum atomic E-state index is 11.2. The number of para-hydroxylation sites is 1. The molecular formula is C15H19N3O2. The Hall–Kier alpha value is -1.85. The summed E-state index contributed by atoms with van der Waals surface area (Å²) < 4.78 is 0. The van der Waals surface area contributed by atoms with Crippen LogP contribution in [0.2, 0.25) is 0 Å². The van der Waals surface area contributed by atoms with Gasteiger partial charge in [0.15, 0.2) is 0 Å². The second-order valence-electron chi connectivity index (χ2n) is 5.45. The largest absolute Gasteiger partial charge is 0.478 e. The number of aromatic carboxylic acids is 1. The minimum Gasteiger partial charge on any atom is -0.478 e. The standard InChI is InChI=1S/C15H19N3O2/c1-17-5-7-18(8-6-17)10-12-9-11-3-2-4-13(15(19)20)14(11)16-12/h2-4,9,16H,5-8,10H2,1H3,(H,19,20). The van der Waals surface area contributed by atoms with Gasteiger partial charge in [-0.25, -0.2) is 4.79 Å². The number of aromatic amines is 1. The summed E-state index contributed by atoms with van der Waals surface area (Å²) in [6, 6.07) is 7.44. The normalized spacial score (nSPS) is 17.6. The van der Waals surface area contributed by atoms with Crippen LogP contribution in [0.25, 0.3) is 10.9 Å². The predicted molar refractivity (Wildman–Crippen MR) is 78.0 cm³/mol. The number of aromatic nitrogens is 1. The number of carboxylic acid groups (broad SMARTS) is 1. The Morgan fingerprint density at radius 3 is 2.75 bits per heavy atom. The van der Waals surface area contributed by atoms with Gasteiger partial charge < -0.3 is 15.0 Å². The molecule has 0 bridgehead atoms. The van der Waals surface area contributed by atoms with Crippen molar-refractivity contribution in [2.45, 2.75) is 6.54 Å². The summed E-state index contributed by atoms with van der Waals surface area (Å²) in [5.74, 6) is -0.886. The van der Waals surface area contributed by atoms with Crippen molar-refractivity contribution < 1.29 is 9.90 Å².